The third-order valence-electron chi connectivity index (χ3n) is 7.71. The molecular formula is C31H43N5O4S. The Labute approximate surface area is 246 Å². The van der Waals surface area contributed by atoms with Crippen molar-refractivity contribution >= 4 is 45.0 Å². The van der Waals surface area contributed by atoms with Gasteiger partial charge in [-0.3, -0.25) is 19.3 Å². The SMILES string of the molecule is CCC(=O)N[C@@H](Cc1nc2ccc(CC)cc2s1)C(=O)N=C(CNC(=O)/C=C/CN1CCCCC1)C1CCOCC1. The fraction of sp³-hybridized carbons (Fsp3) is 0.581. The summed E-state index contributed by atoms with van der Waals surface area (Å²) in [4.78, 5) is 50.1. The fourth-order valence-corrected chi connectivity index (χ4v) is 6.28. The summed E-state index contributed by atoms with van der Waals surface area (Å²) in [6, 6.07) is 5.36. The van der Waals surface area contributed by atoms with E-state index in [1.54, 1.807) is 13.0 Å². The molecule has 9 nitrogen and oxygen atoms in total. The summed E-state index contributed by atoms with van der Waals surface area (Å²) in [5.74, 6) is -0.807. The summed E-state index contributed by atoms with van der Waals surface area (Å²) in [6.45, 7) is 8.12. The highest BCUT2D eigenvalue weighted by molar-refractivity contribution is 7.18. The molecule has 1 atom stereocenters. The Balaban J connectivity index is 1.46. The van der Waals surface area contributed by atoms with Gasteiger partial charge in [-0.2, -0.15) is 0 Å². The van der Waals surface area contributed by atoms with Crippen molar-refractivity contribution in [2.75, 3.05) is 39.4 Å². The Morgan fingerprint density at radius 2 is 1.95 bits per heavy atom. The van der Waals surface area contributed by atoms with E-state index < -0.39 is 11.9 Å². The van der Waals surface area contributed by atoms with Crippen molar-refractivity contribution in [1.82, 2.24) is 20.5 Å². The smallest absolute Gasteiger partial charge is 0.268 e. The van der Waals surface area contributed by atoms with Crippen molar-refractivity contribution < 1.29 is 19.1 Å². The first-order valence-electron chi connectivity index (χ1n) is 15.0. The van der Waals surface area contributed by atoms with Gasteiger partial charge in [-0.05, 0) is 62.9 Å². The number of nitrogens with zero attached hydrogens (tertiary/aromatic N) is 3. The molecule has 2 aromatic rings. The molecular weight excluding hydrogens is 538 g/mol. The van der Waals surface area contributed by atoms with Gasteiger partial charge in [0.05, 0.1) is 21.8 Å². The van der Waals surface area contributed by atoms with Crippen molar-refractivity contribution in [2.45, 2.75) is 71.3 Å². The van der Waals surface area contributed by atoms with Crippen LogP contribution in [0.2, 0.25) is 0 Å². The summed E-state index contributed by atoms with van der Waals surface area (Å²) >= 11 is 1.54. The monoisotopic (exact) mass is 581 g/mol. The normalized spacial score (nSPS) is 18.0. The van der Waals surface area contributed by atoms with E-state index in [2.05, 4.69) is 39.6 Å². The molecule has 2 aliphatic heterocycles. The molecule has 0 unspecified atom stereocenters. The van der Waals surface area contributed by atoms with Crippen LogP contribution in [0.1, 0.15) is 62.9 Å². The van der Waals surface area contributed by atoms with Crippen LogP contribution in [0.25, 0.3) is 10.2 Å². The molecule has 4 rings (SSSR count). The molecule has 2 saturated heterocycles. The van der Waals surface area contributed by atoms with Gasteiger partial charge < -0.3 is 15.4 Å². The van der Waals surface area contributed by atoms with E-state index in [1.165, 1.54) is 36.2 Å². The van der Waals surface area contributed by atoms with Crippen LogP contribution in [0.4, 0.5) is 0 Å². The number of aromatic nitrogens is 1. The molecule has 0 aliphatic carbocycles. The Kier molecular flexibility index (Phi) is 12.0. The molecule has 0 bridgehead atoms. The van der Waals surface area contributed by atoms with Gasteiger partial charge >= 0.3 is 0 Å². The number of carbonyl (C=O) groups excluding carboxylic acids is 3. The number of hydrogen-bond acceptors (Lipinski definition) is 7. The topological polar surface area (TPSA) is 113 Å². The highest BCUT2D eigenvalue weighted by Gasteiger charge is 2.26. The molecule has 3 amide bonds. The van der Waals surface area contributed by atoms with E-state index in [1.807, 2.05) is 12.1 Å². The number of nitrogens with one attached hydrogen (secondary N) is 2. The lowest BCUT2D eigenvalue weighted by Crippen LogP contribution is -2.43. The zero-order valence-electron chi connectivity index (χ0n) is 24.3. The number of likely N-dealkylation sites (tertiary alicyclic amines) is 1. The van der Waals surface area contributed by atoms with Gasteiger partial charge in [-0.1, -0.05) is 32.4 Å². The second-order valence-corrected chi connectivity index (χ2v) is 11.9. The van der Waals surface area contributed by atoms with Gasteiger partial charge in [-0.25, -0.2) is 9.98 Å². The number of benzene rings is 1. The standard InChI is InChI=1S/C31H43N5O4S/c1-3-22-10-11-24-27(19-22)41-30(34-24)20-25(33-28(37)4-2)31(39)35-26(23-12-17-40-18-13-23)21-32-29(38)9-8-16-36-14-6-5-7-15-36/h8-11,19,23,25H,3-7,12-18,20-21H2,1-2H3,(H,32,38)(H,33,37)/b9-8+,35-26?/t25-/m0/s1. The van der Waals surface area contributed by atoms with E-state index in [9.17, 15) is 14.4 Å². The Bertz CT molecular complexity index is 1240. The van der Waals surface area contributed by atoms with Crippen LogP contribution >= 0.6 is 11.3 Å². The van der Waals surface area contributed by atoms with Gasteiger partial charge in [-0.15, -0.1) is 11.3 Å². The Morgan fingerprint density at radius 1 is 1.17 bits per heavy atom. The summed E-state index contributed by atoms with van der Waals surface area (Å²) in [5, 5.41) is 6.56. The number of amides is 3. The first kappa shape index (κ1) is 31.0. The second kappa shape index (κ2) is 15.9. The maximum absolute atomic E-state index is 13.6. The maximum atomic E-state index is 13.6. The third kappa shape index (κ3) is 9.55. The Morgan fingerprint density at radius 3 is 2.68 bits per heavy atom. The summed E-state index contributed by atoms with van der Waals surface area (Å²) in [6.07, 6.45) is 10.1. The second-order valence-electron chi connectivity index (χ2n) is 10.8. The minimum atomic E-state index is -0.830. The third-order valence-corrected chi connectivity index (χ3v) is 8.75. The van der Waals surface area contributed by atoms with E-state index >= 15 is 0 Å². The average Bonchev–Trinajstić information content (AvgIpc) is 3.41. The van der Waals surface area contributed by atoms with E-state index in [0.29, 0.717) is 18.9 Å². The molecule has 0 spiro atoms. The van der Waals surface area contributed by atoms with Gasteiger partial charge in [0.1, 0.15) is 6.04 Å². The predicted octanol–water partition coefficient (Wildman–Crippen LogP) is 3.85. The summed E-state index contributed by atoms with van der Waals surface area (Å²) in [7, 11) is 0. The number of fused-ring (bicyclic) bond motifs is 1. The molecule has 2 N–H and O–H groups in total. The molecule has 1 aromatic carbocycles. The highest BCUT2D eigenvalue weighted by Crippen LogP contribution is 2.25. The van der Waals surface area contributed by atoms with Crippen LogP contribution in [0.5, 0.6) is 0 Å². The number of aryl methyl sites for hydroxylation is 1. The van der Waals surface area contributed by atoms with Crippen LogP contribution in [0.15, 0.2) is 35.3 Å². The van der Waals surface area contributed by atoms with Crippen molar-refractivity contribution in [3.8, 4) is 0 Å². The van der Waals surface area contributed by atoms with Crippen LogP contribution in [-0.2, 0) is 32.0 Å². The maximum Gasteiger partial charge on any atom is 0.268 e. The quantitative estimate of drug-likeness (QED) is 0.291. The van der Waals surface area contributed by atoms with E-state index in [4.69, 9.17) is 9.72 Å². The summed E-state index contributed by atoms with van der Waals surface area (Å²) < 4.78 is 6.59. The number of piperidine rings is 1. The van der Waals surface area contributed by atoms with Crippen molar-refractivity contribution in [1.29, 1.82) is 0 Å². The van der Waals surface area contributed by atoms with Gasteiger partial charge in [0.25, 0.3) is 5.91 Å². The first-order chi connectivity index (χ1) is 19.9. The lowest BCUT2D eigenvalue weighted by molar-refractivity contribution is -0.127. The van der Waals surface area contributed by atoms with Crippen LogP contribution in [0.3, 0.4) is 0 Å². The molecule has 41 heavy (non-hydrogen) atoms. The number of thiazole rings is 1. The minimum Gasteiger partial charge on any atom is -0.381 e. The predicted molar refractivity (Wildman–Crippen MR) is 163 cm³/mol. The van der Waals surface area contributed by atoms with E-state index in [0.717, 1.165) is 54.1 Å². The molecule has 0 saturated carbocycles. The largest absolute Gasteiger partial charge is 0.381 e. The molecule has 222 valence electrons. The molecule has 2 aliphatic rings. The van der Waals surface area contributed by atoms with Crippen LogP contribution in [-0.4, -0.2) is 78.8 Å². The number of rotatable bonds is 12. The highest BCUT2D eigenvalue weighted by atomic mass is 32.1. The van der Waals surface area contributed by atoms with Crippen LogP contribution < -0.4 is 10.6 Å². The zero-order valence-corrected chi connectivity index (χ0v) is 25.1. The molecule has 3 heterocycles. The van der Waals surface area contributed by atoms with Gasteiger partial charge in [0.15, 0.2) is 0 Å². The number of ether oxygens (including phenoxy) is 1. The van der Waals surface area contributed by atoms with Crippen molar-refractivity contribution in [3.05, 3.63) is 40.9 Å². The van der Waals surface area contributed by atoms with Crippen molar-refractivity contribution in [2.24, 2.45) is 10.9 Å². The average molecular weight is 582 g/mol. The van der Waals surface area contributed by atoms with E-state index in [-0.39, 0.29) is 37.1 Å². The minimum absolute atomic E-state index is 0.0303. The lowest BCUT2D eigenvalue weighted by Gasteiger charge is -2.25. The molecule has 10 heteroatoms. The lowest BCUT2D eigenvalue weighted by atomic mass is 9.94. The fourth-order valence-electron chi connectivity index (χ4n) is 5.21. The molecule has 1 aromatic heterocycles. The number of hydrogen-bond donors (Lipinski definition) is 2. The molecule has 2 fully saturated rings. The number of carbonyl (C=O) groups is 3. The zero-order chi connectivity index (χ0) is 29.0. The Hall–Kier alpha value is -2.95. The van der Waals surface area contributed by atoms with Gasteiger partial charge in [0, 0.05) is 50.3 Å². The van der Waals surface area contributed by atoms with Gasteiger partial charge in [0.2, 0.25) is 11.8 Å². The summed E-state index contributed by atoms with van der Waals surface area (Å²) in [5.41, 5.74) is 2.75. The number of aliphatic imine (C=N–C) groups is 1. The first-order valence-corrected chi connectivity index (χ1v) is 15.8. The molecule has 0 radical (unpaired) electrons. The van der Waals surface area contributed by atoms with Crippen molar-refractivity contribution in [3.63, 3.8) is 0 Å². The van der Waals surface area contributed by atoms with Crippen LogP contribution in [0, 0.1) is 5.92 Å².